The molecule has 1 unspecified atom stereocenters. The number of urea groups is 1. The van der Waals surface area contributed by atoms with Crippen molar-refractivity contribution in [1.82, 2.24) is 10.2 Å². The number of ether oxygens (including phenoxy) is 1. The Kier molecular flexibility index (Phi) is 6.08. The van der Waals surface area contributed by atoms with Crippen LogP contribution >= 0.6 is 0 Å². The maximum Gasteiger partial charge on any atom is 0.326 e. The number of carbonyl (C=O) groups is 2. The lowest BCUT2D eigenvalue weighted by atomic mass is 9.99. The average Bonchev–Trinajstić information content (AvgIpc) is 2.35. The molecule has 0 radical (unpaired) electrons. The minimum atomic E-state index is -0.992. The number of amides is 2. The Morgan fingerprint density at radius 3 is 2.68 bits per heavy atom. The van der Waals surface area contributed by atoms with Crippen molar-refractivity contribution in [3.8, 4) is 0 Å². The van der Waals surface area contributed by atoms with Crippen LogP contribution in [0.15, 0.2) is 0 Å². The number of hydrogen-bond acceptors (Lipinski definition) is 3. The molecule has 1 fully saturated rings. The summed E-state index contributed by atoms with van der Waals surface area (Å²) in [5, 5.41) is 11.7. The number of carbonyl (C=O) groups excluding carboxylic acids is 1. The van der Waals surface area contributed by atoms with E-state index in [1.54, 1.807) is 25.9 Å². The van der Waals surface area contributed by atoms with E-state index in [1.807, 2.05) is 0 Å². The van der Waals surface area contributed by atoms with Crippen LogP contribution < -0.4 is 5.32 Å². The lowest BCUT2D eigenvalue weighted by Crippen LogP contribution is -2.52. The number of nitrogens with one attached hydrogen (secondary N) is 1. The van der Waals surface area contributed by atoms with E-state index < -0.39 is 12.0 Å². The van der Waals surface area contributed by atoms with Gasteiger partial charge in [0.2, 0.25) is 0 Å². The Labute approximate surface area is 114 Å². The summed E-state index contributed by atoms with van der Waals surface area (Å²) in [6.45, 7) is 5.50. The molecule has 2 amide bonds. The Bertz CT molecular complexity index is 318. The molecule has 1 rings (SSSR count). The molecule has 6 heteroatoms. The Morgan fingerprint density at radius 1 is 1.47 bits per heavy atom. The summed E-state index contributed by atoms with van der Waals surface area (Å²) < 4.78 is 5.11. The van der Waals surface area contributed by atoms with E-state index in [9.17, 15) is 9.59 Å². The Hall–Kier alpha value is -1.30. The number of methoxy groups -OCH3 is 1. The number of aliphatic carboxylic acids is 1. The second-order valence-electron chi connectivity index (χ2n) is 5.42. The minimum Gasteiger partial charge on any atom is -0.480 e. The summed E-state index contributed by atoms with van der Waals surface area (Å²) in [5.41, 5.74) is 0. The smallest absolute Gasteiger partial charge is 0.326 e. The van der Waals surface area contributed by atoms with Crippen molar-refractivity contribution in [2.75, 3.05) is 26.8 Å². The van der Waals surface area contributed by atoms with E-state index in [-0.39, 0.29) is 11.9 Å². The monoisotopic (exact) mass is 272 g/mol. The molecule has 0 bridgehead atoms. The van der Waals surface area contributed by atoms with Crippen LogP contribution in [0.1, 0.15) is 26.7 Å². The maximum absolute atomic E-state index is 12.1. The number of likely N-dealkylation sites (tertiary alicyclic amines) is 1. The Morgan fingerprint density at radius 2 is 2.16 bits per heavy atom. The van der Waals surface area contributed by atoms with Gasteiger partial charge in [0, 0.05) is 26.1 Å². The zero-order valence-electron chi connectivity index (χ0n) is 11.9. The molecule has 110 valence electrons. The van der Waals surface area contributed by atoms with Crippen molar-refractivity contribution in [1.29, 1.82) is 0 Å². The highest BCUT2D eigenvalue weighted by Gasteiger charge is 2.28. The number of carboxylic acid groups (broad SMARTS) is 1. The van der Waals surface area contributed by atoms with Crippen molar-refractivity contribution in [3.05, 3.63) is 0 Å². The van der Waals surface area contributed by atoms with Gasteiger partial charge in [-0.2, -0.15) is 0 Å². The molecule has 0 aliphatic carbocycles. The molecule has 0 aromatic heterocycles. The third kappa shape index (κ3) is 4.70. The Balaban J connectivity index is 2.54. The van der Waals surface area contributed by atoms with Crippen molar-refractivity contribution >= 4 is 12.0 Å². The fraction of sp³-hybridized carbons (Fsp3) is 0.846. The van der Waals surface area contributed by atoms with Crippen molar-refractivity contribution in [2.24, 2.45) is 11.8 Å². The maximum atomic E-state index is 12.1. The van der Waals surface area contributed by atoms with E-state index in [0.717, 1.165) is 12.8 Å². The fourth-order valence-electron chi connectivity index (χ4n) is 2.36. The van der Waals surface area contributed by atoms with Gasteiger partial charge in [0.15, 0.2) is 0 Å². The number of rotatable bonds is 5. The minimum absolute atomic E-state index is 0.138. The summed E-state index contributed by atoms with van der Waals surface area (Å²) in [6, 6.07) is -1.13. The van der Waals surface area contributed by atoms with Gasteiger partial charge in [-0.3, -0.25) is 0 Å². The SMILES string of the molecule is COCC1CCCN(C(=O)N[C@H](C(=O)O)C(C)C)C1. The largest absolute Gasteiger partial charge is 0.480 e. The highest BCUT2D eigenvalue weighted by molar-refractivity contribution is 5.82. The molecule has 1 aliphatic rings. The van der Waals surface area contributed by atoms with Crippen LogP contribution in [-0.2, 0) is 9.53 Å². The molecule has 6 nitrogen and oxygen atoms in total. The lowest BCUT2D eigenvalue weighted by Gasteiger charge is -2.33. The van der Waals surface area contributed by atoms with Gasteiger partial charge in [0.25, 0.3) is 0 Å². The predicted molar refractivity (Wildman–Crippen MR) is 71.0 cm³/mol. The molecule has 2 atom stereocenters. The first-order valence-electron chi connectivity index (χ1n) is 6.72. The first kappa shape index (κ1) is 15.8. The molecule has 1 saturated heterocycles. The fourth-order valence-corrected chi connectivity index (χ4v) is 2.36. The van der Waals surface area contributed by atoms with Gasteiger partial charge >= 0.3 is 12.0 Å². The summed E-state index contributed by atoms with van der Waals surface area (Å²) in [4.78, 5) is 24.8. The third-order valence-corrected chi connectivity index (χ3v) is 3.42. The summed E-state index contributed by atoms with van der Waals surface area (Å²) in [7, 11) is 1.65. The van der Waals surface area contributed by atoms with Gasteiger partial charge in [0.1, 0.15) is 6.04 Å². The third-order valence-electron chi connectivity index (χ3n) is 3.42. The number of carboxylic acids is 1. The highest BCUT2D eigenvalue weighted by Crippen LogP contribution is 2.17. The van der Waals surface area contributed by atoms with Crippen molar-refractivity contribution in [3.63, 3.8) is 0 Å². The van der Waals surface area contributed by atoms with Crippen LogP contribution in [0.5, 0.6) is 0 Å². The van der Waals surface area contributed by atoms with Gasteiger partial charge in [-0.25, -0.2) is 9.59 Å². The second-order valence-corrected chi connectivity index (χ2v) is 5.42. The van der Waals surface area contributed by atoms with Crippen LogP contribution in [-0.4, -0.2) is 54.9 Å². The number of hydrogen-bond donors (Lipinski definition) is 2. The highest BCUT2D eigenvalue weighted by atomic mass is 16.5. The zero-order valence-corrected chi connectivity index (χ0v) is 11.9. The van der Waals surface area contributed by atoms with Crippen LogP contribution in [0.4, 0.5) is 4.79 Å². The molecule has 2 N–H and O–H groups in total. The van der Waals surface area contributed by atoms with Gasteiger partial charge in [-0.05, 0) is 18.8 Å². The molecule has 19 heavy (non-hydrogen) atoms. The summed E-state index contributed by atoms with van der Waals surface area (Å²) in [6.07, 6.45) is 1.98. The van der Waals surface area contributed by atoms with E-state index in [1.165, 1.54) is 0 Å². The molecule has 1 heterocycles. The molecule has 0 spiro atoms. The van der Waals surface area contributed by atoms with E-state index in [4.69, 9.17) is 9.84 Å². The van der Waals surface area contributed by atoms with Gasteiger partial charge in [0.05, 0.1) is 6.61 Å². The van der Waals surface area contributed by atoms with Crippen molar-refractivity contribution < 1.29 is 19.4 Å². The van der Waals surface area contributed by atoms with Gasteiger partial charge in [-0.15, -0.1) is 0 Å². The molecular formula is C13H24N2O4. The van der Waals surface area contributed by atoms with Gasteiger partial charge in [-0.1, -0.05) is 13.8 Å². The molecule has 1 aliphatic heterocycles. The van der Waals surface area contributed by atoms with E-state index in [0.29, 0.717) is 25.6 Å². The topological polar surface area (TPSA) is 78.9 Å². The van der Waals surface area contributed by atoms with E-state index in [2.05, 4.69) is 5.32 Å². The van der Waals surface area contributed by atoms with E-state index >= 15 is 0 Å². The predicted octanol–water partition coefficient (Wildman–Crippen LogP) is 1.16. The van der Waals surface area contributed by atoms with Crippen molar-refractivity contribution in [2.45, 2.75) is 32.7 Å². The first-order chi connectivity index (χ1) is 8.95. The molecule has 0 saturated carbocycles. The normalized spacial score (nSPS) is 21.3. The summed E-state index contributed by atoms with van der Waals surface area (Å²) in [5.74, 6) is -0.790. The first-order valence-corrected chi connectivity index (χ1v) is 6.72. The quantitative estimate of drug-likeness (QED) is 0.787. The molecule has 0 aromatic carbocycles. The van der Waals surface area contributed by atoms with Crippen LogP contribution in [0.25, 0.3) is 0 Å². The average molecular weight is 272 g/mol. The standard InChI is InChI=1S/C13H24N2O4/c1-9(2)11(12(16)17)14-13(18)15-6-4-5-10(7-15)8-19-3/h9-11H,4-8H2,1-3H3,(H,14,18)(H,16,17)/t10?,11-/m0/s1. The van der Waals surface area contributed by atoms with Crippen LogP contribution in [0, 0.1) is 11.8 Å². The lowest BCUT2D eigenvalue weighted by molar-refractivity contribution is -0.140. The zero-order chi connectivity index (χ0) is 14.4. The molecule has 0 aromatic rings. The van der Waals surface area contributed by atoms with Crippen LogP contribution in [0.2, 0.25) is 0 Å². The molecular weight excluding hydrogens is 248 g/mol. The van der Waals surface area contributed by atoms with Crippen LogP contribution in [0.3, 0.4) is 0 Å². The second kappa shape index (κ2) is 7.33. The number of piperidine rings is 1. The van der Waals surface area contributed by atoms with Gasteiger partial charge < -0.3 is 20.1 Å². The summed E-state index contributed by atoms with van der Waals surface area (Å²) >= 11 is 0. The number of nitrogens with zero attached hydrogens (tertiary/aromatic N) is 1.